The first-order valence-corrected chi connectivity index (χ1v) is 11.4. The number of carbonyl (C=O) groups excluding carboxylic acids is 1. The van der Waals surface area contributed by atoms with E-state index in [9.17, 15) is 13.2 Å². The van der Waals surface area contributed by atoms with E-state index >= 15 is 0 Å². The monoisotopic (exact) mass is 502 g/mol. The van der Waals surface area contributed by atoms with Gasteiger partial charge in [0.25, 0.3) is 0 Å². The number of halogens is 1. The standard InChI is InChI=1S/C19H23IN2O4S/c1-26-18-8-4-3-6-15(18)7-5-13-21-19(23)14-22(27(2,24)25)17-11-9-16(20)10-12-17/h3-4,6,8-12H,5,7,13-14H2,1-2H3,(H,21,23). The Balaban J connectivity index is 1.90. The second-order valence-corrected chi connectivity index (χ2v) is 9.16. The molecule has 0 saturated carbocycles. The zero-order valence-corrected chi connectivity index (χ0v) is 18.3. The number of ether oxygens (including phenoxy) is 1. The lowest BCUT2D eigenvalue weighted by atomic mass is 10.1. The van der Waals surface area contributed by atoms with Gasteiger partial charge in [-0.05, 0) is 71.3 Å². The zero-order valence-electron chi connectivity index (χ0n) is 15.3. The number of hydrogen-bond donors (Lipinski definition) is 1. The van der Waals surface area contributed by atoms with E-state index in [2.05, 4.69) is 27.9 Å². The number of carbonyl (C=O) groups is 1. The smallest absolute Gasteiger partial charge is 0.240 e. The molecule has 6 nitrogen and oxygen atoms in total. The summed E-state index contributed by atoms with van der Waals surface area (Å²) >= 11 is 2.14. The van der Waals surface area contributed by atoms with Crippen molar-refractivity contribution >= 4 is 44.2 Å². The predicted octanol–water partition coefficient (Wildman–Crippen LogP) is 2.81. The van der Waals surface area contributed by atoms with Crippen LogP contribution in [0.2, 0.25) is 0 Å². The van der Waals surface area contributed by atoms with Crippen LogP contribution >= 0.6 is 22.6 Å². The van der Waals surface area contributed by atoms with Crippen molar-refractivity contribution in [2.24, 2.45) is 0 Å². The average molecular weight is 502 g/mol. The molecule has 27 heavy (non-hydrogen) atoms. The molecule has 0 fully saturated rings. The molecule has 0 unspecified atom stereocenters. The molecule has 2 aromatic carbocycles. The molecule has 0 spiro atoms. The van der Waals surface area contributed by atoms with Crippen LogP contribution in [0.15, 0.2) is 48.5 Å². The van der Waals surface area contributed by atoms with Crippen molar-refractivity contribution < 1.29 is 17.9 Å². The maximum Gasteiger partial charge on any atom is 0.240 e. The topological polar surface area (TPSA) is 75.7 Å². The first-order chi connectivity index (χ1) is 12.8. The molecule has 0 heterocycles. The number of amides is 1. The minimum atomic E-state index is -3.55. The summed E-state index contributed by atoms with van der Waals surface area (Å²) < 4.78 is 31.5. The third-order valence-corrected chi connectivity index (χ3v) is 5.80. The minimum absolute atomic E-state index is 0.242. The van der Waals surface area contributed by atoms with Crippen molar-refractivity contribution in [3.05, 3.63) is 57.7 Å². The van der Waals surface area contributed by atoms with Gasteiger partial charge in [-0.3, -0.25) is 9.10 Å². The Bertz CT molecular complexity index is 870. The van der Waals surface area contributed by atoms with Crippen LogP contribution in [0.4, 0.5) is 5.69 Å². The molecule has 8 heteroatoms. The minimum Gasteiger partial charge on any atom is -0.496 e. The summed E-state index contributed by atoms with van der Waals surface area (Å²) in [6.45, 7) is 0.218. The van der Waals surface area contributed by atoms with Crippen LogP contribution in [0.25, 0.3) is 0 Å². The fraction of sp³-hybridized carbons (Fsp3) is 0.316. The van der Waals surface area contributed by atoms with Crippen molar-refractivity contribution in [3.63, 3.8) is 0 Å². The summed E-state index contributed by atoms with van der Waals surface area (Å²) in [6, 6.07) is 14.7. The summed E-state index contributed by atoms with van der Waals surface area (Å²) in [6.07, 6.45) is 2.59. The van der Waals surface area contributed by atoms with Crippen LogP contribution in [0, 0.1) is 3.57 Å². The third-order valence-electron chi connectivity index (χ3n) is 3.94. The zero-order chi connectivity index (χ0) is 19.9. The number of rotatable bonds is 9. The molecular weight excluding hydrogens is 479 g/mol. The molecule has 2 aromatic rings. The molecular formula is C19H23IN2O4S. The summed E-state index contributed by atoms with van der Waals surface area (Å²) in [4.78, 5) is 12.2. The van der Waals surface area contributed by atoms with E-state index in [1.54, 1.807) is 31.4 Å². The largest absolute Gasteiger partial charge is 0.496 e. The highest BCUT2D eigenvalue weighted by atomic mass is 127. The van der Waals surface area contributed by atoms with E-state index in [0.29, 0.717) is 12.2 Å². The highest BCUT2D eigenvalue weighted by molar-refractivity contribution is 14.1. The van der Waals surface area contributed by atoms with Crippen molar-refractivity contribution in [1.29, 1.82) is 0 Å². The van der Waals surface area contributed by atoms with Gasteiger partial charge in [-0.15, -0.1) is 0 Å². The Morgan fingerprint density at radius 1 is 1.15 bits per heavy atom. The van der Waals surface area contributed by atoms with Gasteiger partial charge >= 0.3 is 0 Å². The van der Waals surface area contributed by atoms with Crippen molar-refractivity contribution in [2.75, 3.05) is 30.8 Å². The van der Waals surface area contributed by atoms with Crippen LogP contribution in [0.5, 0.6) is 5.75 Å². The van der Waals surface area contributed by atoms with Gasteiger partial charge in [-0.25, -0.2) is 8.42 Å². The molecule has 0 aliphatic carbocycles. The van der Waals surface area contributed by atoms with E-state index in [0.717, 1.165) is 38.3 Å². The van der Waals surface area contributed by atoms with Gasteiger partial charge < -0.3 is 10.1 Å². The normalized spacial score (nSPS) is 11.1. The first kappa shape index (κ1) is 21.5. The summed E-state index contributed by atoms with van der Waals surface area (Å²) in [5.74, 6) is 0.491. The van der Waals surface area contributed by atoms with Crippen LogP contribution in [-0.4, -0.2) is 40.8 Å². The molecule has 0 aliphatic heterocycles. The van der Waals surface area contributed by atoms with Crippen LogP contribution in [0.1, 0.15) is 12.0 Å². The molecule has 0 radical (unpaired) electrons. The first-order valence-electron chi connectivity index (χ1n) is 8.43. The number of sulfonamides is 1. The number of hydrogen-bond acceptors (Lipinski definition) is 4. The molecule has 0 aromatic heterocycles. The molecule has 0 atom stereocenters. The second kappa shape index (κ2) is 9.93. The highest BCUT2D eigenvalue weighted by Crippen LogP contribution is 2.19. The number of aryl methyl sites for hydroxylation is 1. The molecule has 1 amide bonds. The predicted molar refractivity (Wildman–Crippen MR) is 116 cm³/mol. The lowest BCUT2D eigenvalue weighted by Gasteiger charge is -2.22. The van der Waals surface area contributed by atoms with Crippen molar-refractivity contribution in [1.82, 2.24) is 5.32 Å². The summed E-state index contributed by atoms with van der Waals surface area (Å²) in [7, 11) is -1.93. The van der Waals surface area contributed by atoms with E-state index < -0.39 is 10.0 Å². The number of anilines is 1. The lowest BCUT2D eigenvalue weighted by molar-refractivity contribution is -0.119. The molecule has 0 aliphatic rings. The SMILES string of the molecule is COc1ccccc1CCCNC(=O)CN(c1ccc(I)cc1)S(C)(=O)=O. The van der Waals surface area contributed by atoms with Gasteiger partial charge in [0.2, 0.25) is 15.9 Å². The van der Waals surface area contributed by atoms with Gasteiger partial charge in [0.05, 0.1) is 19.1 Å². The number of benzene rings is 2. The number of nitrogens with one attached hydrogen (secondary N) is 1. The molecule has 1 N–H and O–H groups in total. The second-order valence-electron chi connectivity index (χ2n) is 6.01. The van der Waals surface area contributed by atoms with Crippen LogP contribution in [-0.2, 0) is 21.2 Å². The van der Waals surface area contributed by atoms with Crippen LogP contribution in [0.3, 0.4) is 0 Å². The Morgan fingerprint density at radius 3 is 2.44 bits per heavy atom. The Labute approximate surface area is 174 Å². The van der Waals surface area contributed by atoms with Gasteiger partial charge in [0.15, 0.2) is 0 Å². The van der Waals surface area contributed by atoms with Crippen LogP contribution < -0.4 is 14.4 Å². The molecule has 0 saturated heterocycles. The Hall–Kier alpha value is -1.81. The third kappa shape index (κ3) is 6.69. The number of methoxy groups -OCH3 is 1. The summed E-state index contributed by atoms with van der Waals surface area (Å²) in [5.41, 5.74) is 1.55. The number of nitrogens with zero attached hydrogens (tertiary/aromatic N) is 1. The van der Waals surface area contributed by atoms with Gasteiger partial charge in [0, 0.05) is 10.1 Å². The quantitative estimate of drug-likeness (QED) is 0.423. The fourth-order valence-corrected chi connectivity index (χ4v) is 3.83. The van der Waals surface area contributed by atoms with Gasteiger partial charge in [-0.1, -0.05) is 18.2 Å². The fourth-order valence-electron chi connectivity index (χ4n) is 2.61. The Kier molecular flexibility index (Phi) is 7.91. The van der Waals surface area contributed by atoms with E-state index in [4.69, 9.17) is 4.74 Å². The summed E-state index contributed by atoms with van der Waals surface area (Å²) in [5, 5.41) is 2.79. The molecule has 0 bridgehead atoms. The van der Waals surface area contributed by atoms with Gasteiger partial charge in [0.1, 0.15) is 12.3 Å². The maximum absolute atomic E-state index is 12.2. The van der Waals surface area contributed by atoms with E-state index in [1.807, 2.05) is 24.3 Å². The van der Waals surface area contributed by atoms with Crippen molar-refractivity contribution in [2.45, 2.75) is 12.8 Å². The van der Waals surface area contributed by atoms with E-state index in [-0.39, 0.29) is 12.5 Å². The lowest BCUT2D eigenvalue weighted by Crippen LogP contribution is -2.40. The molecule has 2 rings (SSSR count). The maximum atomic E-state index is 12.2. The highest BCUT2D eigenvalue weighted by Gasteiger charge is 2.20. The van der Waals surface area contributed by atoms with E-state index in [1.165, 1.54) is 0 Å². The van der Waals surface area contributed by atoms with Gasteiger partial charge in [-0.2, -0.15) is 0 Å². The number of para-hydroxylation sites is 1. The Morgan fingerprint density at radius 2 is 1.81 bits per heavy atom. The average Bonchev–Trinajstić information content (AvgIpc) is 2.63. The van der Waals surface area contributed by atoms with Crippen molar-refractivity contribution in [3.8, 4) is 5.75 Å². The molecule has 146 valence electrons.